The molecule has 6 heteroatoms. The third-order valence-electron chi connectivity index (χ3n) is 12.9. The van der Waals surface area contributed by atoms with Gasteiger partial charge in [0.2, 0.25) is 0 Å². The van der Waals surface area contributed by atoms with E-state index in [4.69, 9.17) is 14.2 Å². The zero-order valence-corrected chi connectivity index (χ0v) is 46.3. The number of ether oxygens (including phenoxy) is 3. The summed E-state index contributed by atoms with van der Waals surface area (Å²) < 4.78 is 16.9. The summed E-state index contributed by atoms with van der Waals surface area (Å²) in [5, 5.41) is 0. The molecule has 0 spiro atoms. The van der Waals surface area contributed by atoms with Gasteiger partial charge in [-0.15, -0.1) is 0 Å². The van der Waals surface area contributed by atoms with Crippen molar-refractivity contribution in [2.75, 3.05) is 13.2 Å². The van der Waals surface area contributed by atoms with Crippen LogP contribution in [0.15, 0.2) is 72.9 Å². The predicted molar refractivity (Wildman–Crippen MR) is 302 cm³/mol. The maximum absolute atomic E-state index is 12.9. The van der Waals surface area contributed by atoms with Crippen LogP contribution in [0.4, 0.5) is 0 Å². The minimum atomic E-state index is -0.787. The monoisotopic (exact) mass is 977 g/mol. The highest BCUT2D eigenvalue weighted by molar-refractivity contribution is 5.71. The summed E-state index contributed by atoms with van der Waals surface area (Å²) in [6.07, 6.45) is 74.6. The largest absolute Gasteiger partial charge is 0.462 e. The van der Waals surface area contributed by atoms with Crippen LogP contribution in [-0.4, -0.2) is 37.2 Å². The summed E-state index contributed by atoms with van der Waals surface area (Å²) in [4.78, 5) is 38.2. The van der Waals surface area contributed by atoms with E-state index in [-0.39, 0.29) is 31.1 Å². The molecule has 1 atom stereocenters. The molecule has 0 saturated heterocycles. The van der Waals surface area contributed by atoms with Crippen LogP contribution in [-0.2, 0) is 28.6 Å². The summed E-state index contributed by atoms with van der Waals surface area (Å²) in [7, 11) is 0. The Labute approximate surface area is 433 Å². The standard InChI is InChI=1S/C64H112O6/c1-4-7-10-13-16-19-22-25-28-30-32-34-36-39-42-45-48-51-54-57-63(66)69-60-61(59-68-62(65)56-53-50-47-44-41-38-27-24-21-18-15-12-9-6-3)70-64(67)58-55-52-49-46-43-40-37-35-33-31-29-26-23-20-17-14-11-8-5-2/h16-17,19-20,24-29,32,34,61H,4-15,18,21-23,30-31,33,35-60H2,1-3H3/b19-16-,20-17-,27-24-,28-25-,29-26-,34-32-. The fraction of sp³-hybridized carbons (Fsp3) is 0.766. The van der Waals surface area contributed by atoms with Gasteiger partial charge in [-0.25, -0.2) is 0 Å². The van der Waals surface area contributed by atoms with Crippen molar-refractivity contribution in [1.82, 2.24) is 0 Å². The summed E-state index contributed by atoms with van der Waals surface area (Å²) >= 11 is 0. The van der Waals surface area contributed by atoms with Gasteiger partial charge in [0.1, 0.15) is 13.2 Å². The quantitative estimate of drug-likeness (QED) is 0.0261. The maximum Gasteiger partial charge on any atom is 0.306 e. The molecule has 0 N–H and O–H groups in total. The fourth-order valence-electron chi connectivity index (χ4n) is 8.36. The second kappa shape index (κ2) is 58.4. The lowest BCUT2D eigenvalue weighted by Gasteiger charge is -2.18. The van der Waals surface area contributed by atoms with Gasteiger partial charge in [0.15, 0.2) is 6.10 Å². The highest BCUT2D eigenvalue weighted by Crippen LogP contribution is 2.15. The highest BCUT2D eigenvalue weighted by atomic mass is 16.6. The zero-order chi connectivity index (χ0) is 50.7. The Bertz CT molecular complexity index is 1310. The Balaban J connectivity index is 4.40. The second-order valence-corrected chi connectivity index (χ2v) is 19.9. The molecular formula is C64H112O6. The van der Waals surface area contributed by atoms with Crippen molar-refractivity contribution in [1.29, 1.82) is 0 Å². The molecule has 0 radical (unpaired) electrons. The first-order valence-electron chi connectivity index (χ1n) is 29.9. The van der Waals surface area contributed by atoms with Crippen LogP contribution in [0.5, 0.6) is 0 Å². The first-order valence-corrected chi connectivity index (χ1v) is 29.9. The summed E-state index contributed by atoms with van der Waals surface area (Å²) in [6, 6.07) is 0. The SMILES string of the molecule is CCCCC/C=C\C/C=C\C/C=C\CCCCCCCCC(=O)OCC(COC(=O)CCCCCCC/C=C\CCCCCCC)OC(=O)CCCCCCCCCCC/C=C\C/C=C\CCCCC. The molecule has 0 aliphatic heterocycles. The number of esters is 3. The summed E-state index contributed by atoms with van der Waals surface area (Å²) in [6.45, 7) is 6.58. The van der Waals surface area contributed by atoms with E-state index in [1.54, 1.807) is 0 Å². The molecule has 70 heavy (non-hydrogen) atoms. The van der Waals surface area contributed by atoms with E-state index in [0.29, 0.717) is 19.3 Å². The van der Waals surface area contributed by atoms with E-state index in [9.17, 15) is 14.4 Å². The number of allylic oxidation sites excluding steroid dienone is 12. The Hall–Kier alpha value is -3.15. The molecule has 0 aromatic heterocycles. The molecule has 0 fully saturated rings. The smallest absolute Gasteiger partial charge is 0.306 e. The Morgan fingerprint density at radius 1 is 0.286 bits per heavy atom. The van der Waals surface area contributed by atoms with Gasteiger partial charge in [-0.1, -0.05) is 235 Å². The predicted octanol–water partition coefficient (Wildman–Crippen LogP) is 20.2. The van der Waals surface area contributed by atoms with Gasteiger partial charge >= 0.3 is 17.9 Å². The van der Waals surface area contributed by atoms with Crippen LogP contribution in [0.25, 0.3) is 0 Å². The number of hydrogen-bond acceptors (Lipinski definition) is 6. The Morgan fingerprint density at radius 3 is 0.843 bits per heavy atom. The molecule has 404 valence electrons. The van der Waals surface area contributed by atoms with Gasteiger partial charge < -0.3 is 14.2 Å². The summed E-state index contributed by atoms with van der Waals surface area (Å²) in [5.74, 6) is -0.900. The van der Waals surface area contributed by atoms with Gasteiger partial charge in [0.25, 0.3) is 0 Å². The topological polar surface area (TPSA) is 78.9 Å². The molecule has 0 aromatic rings. The van der Waals surface area contributed by atoms with E-state index in [0.717, 1.165) is 89.9 Å². The number of carbonyl (C=O) groups is 3. The number of carbonyl (C=O) groups excluding carboxylic acids is 3. The number of unbranched alkanes of at least 4 members (excludes halogenated alkanes) is 31. The molecule has 0 bridgehead atoms. The van der Waals surface area contributed by atoms with Crippen molar-refractivity contribution in [2.45, 2.75) is 303 Å². The van der Waals surface area contributed by atoms with E-state index in [1.165, 1.54) is 167 Å². The van der Waals surface area contributed by atoms with Crippen molar-refractivity contribution in [2.24, 2.45) is 0 Å². The number of rotatable bonds is 54. The van der Waals surface area contributed by atoms with Crippen molar-refractivity contribution in [3.05, 3.63) is 72.9 Å². The molecule has 6 nitrogen and oxygen atoms in total. The van der Waals surface area contributed by atoms with Crippen LogP contribution in [0.3, 0.4) is 0 Å². The first-order chi connectivity index (χ1) is 34.5. The molecule has 1 unspecified atom stereocenters. The molecule has 0 aromatic carbocycles. The molecule has 0 aliphatic carbocycles. The van der Waals surface area contributed by atoms with Crippen molar-refractivity contribution in [3.8, 4) is 0 Å². The average Bonchev–Trinajstić information content (AvgIpc) is 3.36. The van der Waals surface area contributed by atoms with Crippen LogP contribution in [0.1, 0.15) is 297 Å². The minimum absolute atomic E-state index is 0.0850. The fourth-order valence-corrected chi connectivity index (χ4v) is 8.36. The highest BCUT2D eigenvalue weighted by Gasteiger charge is 2.19. The lowest BCUT2D eigenvalue weighted by Crippen LogP contribution is -2.30. The van der Waals surface area contributed by atoms with E-state index in [1.807, 2.05) is 0 Å². The van der Waals surface area contributed by atoms with Gasteiger partial charge in [0, 0.05) is 19.3 Å². The van der Waals surface area contributed by atoms with Gasteiger partial charge in [-0.2, -0.15) is 0 Å². The second-order valence-electron chi connectivity index (χ2n) is 19.9. The molecular weight excluding hydrogens is 865 g/mol. The van der Waals surface area contributed by atoms with E-state index in [2.05, 4.69) is 93.7 Å². The van der Waals surface area contributed by atoms with E-state index >= 15 is 0 Å². The molecule has 0 amide bonds. The van der Waals surface area contributed by atoms with Crippen molar-refractivity contribution < 1.29 is 28.6 Å². The molecule has 0 heterocycles. The zero-order valence-electron chi connectivity index (χ0n) is 46.3. The number of hydrogen-bond donors (Lipinski definition) is 0. The molecule has 0 saturated carbocycles. The molecule has 0 rings (SSSR count). The van der Waals surface area contributed by atoms with Gasteiger partial charge in [-0.05, 0) is 116 Å². The normalized spacial score (nSPS) is 12.6. The summed E-state index contributed by atoms with van der Waals surface area (Å²) in [5.41, 5.74) is 0. The molecule has 0 aliphatic rings. The maximum atomic E-state index is 12.9. The van der Waals surface area contributed by atoms with E-state index < -0.39 is 6.10 Å². The van der Waals surface area contributed by atoms with Crippen LogP contribution >= 0.6 is 0 Å². The third-order valence-corrected chi connectivity index (χ3v) is 12.9. The minimum Gasteiger partial charge on any atom is -0.462 e. The van der Waals surface area contributed by atoms with Crippen LogP contribution in [0.2, 0.25) is 0 Å². The Morgan fingerprint density at radius 2 is 0.514 bits per heavy atom. The van der Waals surface area contributed by atoms with Gasteiger partial charge in [-0.3, -0.25) is 14.4 Å². The lowest BCUT2D eigenvalue weighted by molar-refractivity contribution is -0.167. The first kappa shape index (κ1) is 66.9. The third kappa shape index (κ3) is 55.8. The Kier molecular flexibility index (Phi) is 55.8. The average molecular weight is 978 g/mol. The van der Waals surface area contributed by atoms with Crippen molar-refractivity contribution in [3.63, 3.8) is 0 Å². The van der Waals surface area contributed by atoms with Crippen LogP contribution < -0.4 is 0 Å². The van der Waals surface area contributed by atoms with Crippen molar-refractivity contribution >= 4 is 17.9 Å². The van der Waals surface area contributed by atoms with Crippen LogP contribution in [0, 0.1) is 0 Å². The van der Waals surface area contributed by atoms with Gasteiger partial charge in [0.05, 0.1) is 0 Å². The lowest BCUT2D eigenvalue weighted by atomic mass is 10.1.